The van der Waals surface area contributed by atoms with Gasteiger partial charge >= 0.3 is 23.9 Å². The van der Waals surface area contributed by atoms with Crippen molar-refractivity contribution < 1.29 is 38.1 Å². The van der Waals surface area contributed by atoms with Crippen LogP contribution in [0.5, 0.6) is 0 Å². The lowest BCUT2D eigenvalue weighted by atomic mass is 10.0. The Hall–Kier alpha value is -1.42. The van der Waals surface area contributed by atoms with Crippen molar-refractivity contribution in [1.29, 1.82) is 0 Å². The summed E-state index contributed by atoms with van der Waals surface area (Å²) in [6.45, 7) is 11.3. The first-order valence-electron chi connectivity index (χ1n) is 39.2. The molecule has 0 N–H and O–H groups in total. The molecule has 0 aromatic carbocycles. The fraction of sp³-hybridized carbons (Fsp3) is 0.949. The second-order valence-corrected chi connectivity index (χ2v) is 28.6. The SMILES string of the molecule is CCCCCCCCCCCCCCCCCCOC(=O)CCSCCC(=O)OCCCCCCCCCCCC.CCCCCCCCCCCCCCCCCCOC(=O)CCSCCC(=O)OCCCCCCCCCCCCCCCCCC. The molecule has 0 heterocycles. The molecule has 88 heavy (non-hydrogen) atoms. The smallest absolute Gasteiger partial charge is 0.306 e. The third kappa shape index (κ3) is 82.6. The summed E-state index contributed by atoms with van der Waals surface area (Å²) in [5, 5.41) is 0. The number of hydrogen-bond donors (Lipinski definition) is 0. The predicted molar refractivity (Wildman–Crippen MR) is 387 cm³/mol. The molecule has 0 aliphatic rings. The molecular formula is C78H152O8S2. The highest BCUT2D eigenvalue weighted by molar-refractivity contribution is 7.99. The molecule has 0 rings (SSSR count). The Morgan fingerprint density at radius 3 is 0.420 bits per heavy atom. The van der Waals surface area contributed by atoms with E-state index in [0.29, 0.717) is 75.1 Å². The Kier molecular flexibility index (Phi) is 82.3. The van der Waals surface area contributed by atoms with E-state index in [9.17, 15) is 19.2 Å². The first-order valence-corrected chi connectivity index (χ1v) is 41.5. The van der Waals surface area contributed by atoms with Crippen molar-refractivity contribution in [2.24, 2.45) is 0 Å². The summed E-state index contributed by atoms with van der Waals surface area (Å²) in [5.74, 6) is 2.41. The predicted octanol–water partition coefficient (Wildman–Crippen LogP) is 25.9. The van der Waals surface area contributed by atoms with Gasteiger partial charge in [-0.2, -0.15) is 23.5 Å². The van der Waals surface area contributed by atoms with Crippen LogP contribution in [0.15, 0.2) is 0 Å². The van der Waals surface area contributed by atoms with Gasteiger partial charge in [0.05, 0.1) is 52.1 Å². The van der Waals surface area contributed by atoms with Gasteiger partial charge in [-0.1, -0.05) is 374 Å². The molecule has 0 saturated heterocycles. The Morgan fingerprint density at radius 2 is 0.295 bits per heavy atom. The molecule has 10 heteroatoms. The molecule has 0 spiro atoms. The third-order valence-corrected chi connectivity index (χ3v) is 19.3. The summed E-state index contributed by atoms with van der Waals surface area (Å²) < 4.78 is 21.5. The van der Waals surface area contributed by atoms with Gasteiger partial charge in [0.2, 0.25) is 0 Å². The lowest BCUT2D eigenvalue weighted by molar-refractivity contribution is -0.144. The van der Waals surface area contributed by atoms with Gasteiger partial charge in [0.15, 0.2) is 0 Å². The van der Waals surface area contributed by atoms with E-state index in [1.807, 2.05) is 0 Å². The highest BCUT2D eigenvalue weighted by Gasteiger charge is 2.09. The van der Waals surface area contributed by atoms with Crippen LogP contribution in [0, 0.1) is 0 Å². The summed E-state index contributed by atoms with van der Waals surface area (Å²) in [4.78, 5) is 47.7. The molecule has 0 unspecified atom stereocenters. The van der Waals surface area contributed by atoms with Gasteiger partial charge in [-0.15, -0.1) is 0 Å². The number of thioether (sulfide) groups is 2. The Labute approximate surface area is 557 Å². The van der Waals surface area contributed by atoms with Crippen molar-refractivity contribution in [3.63, 3.8) is 0 Å². The van der Waals surface area contributed by atoms with Crippen molar-refractivity contribution >= 4 is 47.4 Å². The summed E-state index contributed by atoms with van der Waals surface area (Å²) in [6, 6.07) is 0. The number of carbonyl (C=O) groups excluding carboxylic acids is 4. The molecule has 0 aliphatic heterocycles. The highest BCUT2D eigenvalue weighted by atomic mass is 32.2. The molecule has 0 aromatic heterocycles. The van der Waals surface area contributed by atoms with E-state index >= 15 is 0 Å². The number of carbonyl (C=O) groups is 4. The zero-order valence-electron chi connectivity index (χ0n) is 59.6. The lowest BCUT2D eigenvalue weighted by Crippen LogP contribution is -2.09. The Balaban J connectivity index is 0. The van der Waals surface area contributed by atoms with Gasteiger partial charge in [0.1, 0.15) is 0 Å². The number of ether oxygens (including phenoxy) is 4. The molecule has 0 atom stereocenters. The average Bonchev–Trinajstić information content (AvgIpc) is 3.52. The largest absolute Gasteiger partial charge is 0.466 e. The van der Waals surface area contributed by atoms with Crippen LogP contribution in [0.3, 0.4) is 0 Å². The van der Waals surface area contributed by atoms with E-state index in [4.69, 9.17) is 18.9 Å². The Morgan fingerprint density at radius 1 is 0.182 bits per heavy atom. The first-order chi connectivity index (χ1) is 43.4. The molecule has 0 aliphatic carbocycles. The molecule has 0 amide bonds. The van der Waals surface area contributed by atoms with Crippen molar-refractivity contribution in [2.45, 2.75) is 426 Å². The molecule has 0 radical (unpaired) electrons. The molecule has 8 nitrogen and oxygen atoms in total. The van der Waals surface area contributed by atoms with Crippen LogP contribution < -0.4 is 0 Å². The van der Waals surface area contributed by atoms with Gasteiger partial charge in [-0.3, -0.25) is 19.2 Å². The maximum atomic E-state index is 12.0. The van der Waals surface area contributed by atoms with E-state index < -0.39 is 0 Å². The van der Waals surface area contributed by atoms with Gasteiger partial charge < -0.3 is 18.9 Å². The van der Waals surface area contributed by atoms with Crippen LogP contribution in [0.1, 0.15) is 426 Å². The minimum Gasteiger partial charge on any atom is -0.466 e. The third-order valence-electron chi connectivity index (χ3n) is 17.3. The van der Waals surface area contributed by atoms with Crippen LogP contribution in [0.4, 0.5) is 0 Å². The maximum absolute atomic E-state index is 12.0. The quantitative estimate of drug-likeness (QED) is 0.0332. The van der Waals surface area contributed by atoms with E-state index in [2.05, 4.69) is 27.7 Å². The lowest BCUT2D eigenvalue weighted by Gasteiger charge is -2.06. The van der Waals surface area contributed by atoms with Gasteiger partial charge in [-0.25, -0.2) is 0 Å². The van der Waals surface area contributed by atoms with Crippen molar-refractivity contribution in [3.8, 4) is 0 Å². The number of unbranched alkanes of at least 4 members (excludes halogenated alkanes) is 54. The summed E-state index contributed by atoms with van der Waals surface area (Å²) >= 11 is 3.27. The van der Waals surface area contributed by atoms with Crippen LogP contribution in [-0.2, 0) is 38.1 Å². The maximum Gasteiger partial charge on any atom is 0.306 e. The molecule has 0 aromatic rings. The van der Waals surface area contributed by atoms with Crippen molar-refractivity contribution in [3.05, 3.63) is 0 Å². The zero-order chi connectivity index (χ0) is 64.0. The Bertz CT molecular complexity index is 1310. The average molecular weight is 1280 g/mol. The van der Waals surface area contributed by atoms with E-state index in [-0.39, 0.29) is 23.9 Å². The minimum atomic E-state index is -0.112. The minimum absolute atomic E-state index is 0.107. The standard InChI is InChI=1S/C42H82O4S.C36H70O4S/c1-3-5-7-9-11-13-15-17-19-21-23-25-27-29-31-33-37-45-41(43)35-39-47-40-36-42(44)46-38-34-32-30-28-26-24-22-20-18-16-14-12-10-8-6-4-2;1-3-5-7-9-11-13-15-16-17-18-19-20-22-24-26-28-32-40-36(38)30-34-41-33-29-35(37)39-31-27-25-23-21-14-12-10-8-6-4-2/h3-40H2,1-2H3;3-34H2,1-2H3. The second-order valence-electron chi connectivity index (χ2n) is 26.2. The molecule has 524 valence electrons. The van der Waals surface area contributed by atoms with Gasteiger partial charge in [0, 0.05) is 23.0 Å². The normalized spacial score (nSPS) is 11.2. The van der Waals surface area contributed by atoms with Crippen LogP contribution in [0.25, 0.3) is 0 Å². The summed E-state index contributed by atoms with van der Waals surface area (Å²) in [7, 11) is 0. The molecule has 0 saturated carbocycles. The fourth-order valence-electron chi connectivity index (χ4n) is 11.4. The zero-order valence-corrected chi connectivity index (χ0v) is 61.2. The van der Waals surface area contributed by atoms with E-state index in [0.717, 1.165) is 51.4 Å². The van der Waals surface area contributed by atoms with Gasteiger partial charge in [-0.05, 0) is 25.7 Å². The van der Waals surface area contributed by atoms with Crippen LogP contribution >= 0.6 is 23.5 Å². The summed E-state index contributed by atoms with van der Waals surface area (Å²) in [6.07, 6.45) is 79.2. The van der Waals surface area contributed by atoms with E-state index in [1.165, 1.54) is 321 Å². The number of rotatable bonds is 74. The topological polar surface area (TPSA) is 105 Å². The van der Waals surface area contributed by atoms with Crippen molar-refractivity contribution in [2.75, 3.05) is 49.4 Å². The molecule has 0 fully saturated rings. The number of esters is 4. The van der Waals surface area contributed by atoms with Crippen molar-refractivity contribution in [1.82, 2.24) is 0 Å². The molecule has 0 bridgehead atoms. The van der Waals surface area contributed by atoms with Gasteiger partial charge in [0.25, 0.3) is 0 Å². The van der Waals surface area contributed by atoms with E-state index in [1.54, 1.807) is 23.5 Å². The monoisotopic (exact) mass is 1280 g/mol. The summed E-state index contributed by atoms with van der Waals surface area (Å²) in [5.41, 5.74) is 0. The molecular weight excluding hydrogens is 1130 g/mol. The fourth-order valence-corrected chi connectivity index (χ4v) is 13.1. The van der Waals surface area contributed by atoms with Crippen LogP contribution in [-0.4, -0.2) is 73.3 Å². The highest BCUT2D eigenvalue weighted by Crippen LogP contribution is 2.19. The second kappa shape index (κ2) is 81.7. The van der Waals surface area contributed by atoms with Crippen LogP contribution in [0.2, 0.25) is 0 Å². The first kappa shape index (κ1) is 88.6. The number of hydrogen-bond acceptors (Lipinski definition) is 10.